The Morgan fingerprint density at radius 3 is 2.45 bits per heavy atom. The molecular weight excluding hydrogens is 569 g/mol. The molecule has 0 saturated heterocycles. The van der Waals surface area contributed by atoms with Gasteiger partial charge in [0.1, 0.15) is 16.5 Å². The molecule has 1 N–H and O–H groups in total. The van der Waals surface area contributed by atoms with Gasteiger partial charge in [0.2, 0.25) is 0 Å². The van der Waals surface area contributed by atoms with Gasteiger partial charge < -0.3 is 14.2 Å². The number of allylic oxidation sites excluding steroid dienone is 1. The molecule has 1 amide bonds. The SMILES string of the molecule is C=CCc1cc(/C=C(\C#N)C(=O)Nc2cccc(C(F)(F)F)c2)cc(OCC)c1OS(=O)(=O)c1ccc(Cl)cc1. The number of nitrogens with one attached hydrogen (secondary N) is 1. The molecular formula is C28H22ClF3N2O5S. The number of carbonyl (C=O) groups is 1. The Kier molecular flexibility index (Phi) is 9.63. The largest absolute Gasteiger partial charge is 0.490 e. The Morgan fingerprint density at radius 1 is 1.15 bits per heavy atom. The third-order valence-electron chi connectivity index (χ3n) is 5.24. The van der Waals surface area contributed by atoms with E-state index in [1.165, 1.54) is 54.6 Å². The van der Waals surface area contributed by atoms with E-state index in [4.69, 9.17) is 20.5 Å². The molecule has 40 heavy (non-hydrogen) atoms. The molecule has 3 rings (SSSR count). The molecule has 3 aromatic rings. The normalized spacial score (nSPS) is 11.8. The molecule has 0 spiro atoms. The quantitative estimate of drug-likeness (QED) is 0.120. The van der Waals surface area contributed by atoms with E-state index in [1.54, 1.807) is 13.0 Å². The maximum absolute atomic E-state index is 13.0. The molecule has 0 saturated carbocycles. The van der Waals surface area contributed by atoms with Crippen molar-refractivity contribution in [3.63, 3.8) is 0 Å². The molecule has 12 heteroatoms. The number of nitrogens with zero attached hydrogens (tertiary/aromatic N) is 1. The minimum absolute atomic E-state index is 0.0150. The van der Waals surface area contributed by atoms with E-state index in [-0.39, 0.29) is 40.7 Å². The Morgan fingerprint density at radius 2 is 1.85 bits per heavy atom. The highest BCUT2D eigenvalue weighted by Crippen LogP contribution is 2.37. The average Bonchev–Trinajstić information content (AvgIpc) is 2.89. The molecule has 0 atom stereocenters. The Bertz CT molecular complexity index is 1600. The zero-order valence-electron chi connectivity index (χ0n) is 21.0. The first-order valence-electron chi connectivity index (χ1n) is 11.6. The number of amides is 1. The van der Waals surface area contributed by atoms with Gasteiger partial charge in [0.25, 0.3) is 5.91 Å². The van der Waals surface area contributed by atoms with E-state index in [0.29, 0.717) is 10.6 Å². The van der Waals surface area contributed by atoms with Crippen molar-refractivity contribution in [2.24, 2.45) is 0 Å². The second kappa shape index (κ2) is 12.7. The molecule has 0 bridgehead atoms. The van der Waals surface area contributed by atoms with E-state index in [2.05, 4.69) is 11.9 Å². The van der Waals surface area contributed by atoms with E-state index in [0.717, 1.165) is 18.2 Å². The number of alkyl halides is 3. The molecule has 0 heterocycles. The summed E-state index contributed by atoms with van der Waals surface area (Å²) in [6.45, 7) is 5.46. The first-order valence-corrected chi connectivity index (χ1v) is 13.4. The van der Waals surface area contributed by atoms with Crippen LogP contribution >= 0.6 is 11.6 Å². The number of rotatable bonds is 10. The third kappa shape index (κ3) is 7.65. The van der Waals surface area contributed by atoms with Crippen molar-refractivity contribution in [3.8, 4) is 17.6 Å². The fourth-order valence-electron chi connectivity index (χ4n) is 3.48. The zero-order chi connectivity index (χ0) is 29.5. The van der Waals surface area contributed by atoms with E-state index in [9.17, 15) is 31.6 Å². The summed E-state index contributed by atoms with van der Waals surface area (Å²) in [4.78, 5) is 12.6. The summed E-state index contributed by atoms with van der Waals surface area (Å²) in [6.07, 6.45) is -1.80. The van der Waals surface area contributed by atoms with Crippen LogP contribution in [0.15, 0.2) is 83.8 Å². The molecule has 0 aromatic heterocycles. The van der Waals surface area contributed by atoms with Crippen molar-refractivity contribution in [2.45, 2.75) is 24.4 Å². The first kappa shape index (κ1) is 30.3. The van der Waals surface area contributed by atoms with Crippen LogP contribution in [0.1, 0.15) is 23.6 Å². The van der Waals surface area contributed by atoms with Gasteiger partial charge in [-0.3, -0.25) is 4.79 Å². The van der Waals surface area contributed by atoms with Crippen LogP contribution in [0.25, 0.3) is 6.08 Å². The lowest BCUT2D eigenvalue weighted by Gasteiger charge is -2.16. The molecule has 0 aliphatic heterocycles. The van der Waals surface area contributed by atoms with Gasteiger partial charge in [-0.25, -0.2) is 0 Å². The molecule has 0 radical (unpaired) electrons. The molecule has 7 nitrogen and oxygen atoms in total. The van der Waals surface area contributed by atoms with Gasteiger partial charge in [-0.05, 0) is 79.6 Å². The summed E-state index contributed by atoms with van der Waals surface area (Å²) >= 11 is 5.85. The fourth-order valence-corrected chi connectivity index (χ4v) is 4.58. The van der Waals surface area contributed by atoms with Gasteiger partial charge in [-0.1, -0.05) is 23.7 Å². The zero-order valence-corrected chi connectivity index (χ0v) is 22.5. The van der Waals surface area contributed by atoms with Crippen LogP contribution in [-0.2, 0) is 27.5 Å². The van der Waals surface area contributed by atoms with Gasteiger partial charge in [-0.2, -0.15) is 26.9 Å². The van der Waals surface area contributed by atoms with E-state index >= 15 is 0 Å². The summed E-state index contributed by atoms with van der Waals surface area (Å²) in [5.41, 5.74) is -0.953. The smallest absolute Gasteiger partial charge is 0.416 e. The summed E-state index contributed by atoms with van der Waals surface area (Å²) in [6, 6.07) is 13.9. The number of benzene rings is 3. The number of carbonyl (C=O) groups excluding carboxylic acids is 1. The number of anilines is 1. The molecule has 0 aliphatic carbocycles. The summed E-state index contributed by atoms with van der Waals surface area (Å²) in [5.74, 6) is -1.04. The van der Waals surface area contributed by atoms with Gasteiger partial charge in [0, 0.05) is 16.3 Å². The molecule has 0 aliphatic rings. The van der Waals surface area contributed by atoms with Crippen molar-refractivity contribution in [2.75, 3.05) is 11.9 Å². The standard InChI is InChI=1S/C28H22ClF3N2O5S/c1-3-6-19-13-18(14-20(17-33)27(35)34-23-8-5-7-21(16-23)28(30,31)32)15-25(38-4-2)26(19)39-40(36,37)24-11-9-22(29)10-12-24/h3,5,7-16H,1,4,6H2,2H3,(H,34,35)/b20-14+. The second-order valence-corrected chi connectivity index (χ2v) is 10.1. The Labute approximate surface area is 234 Å². The maximum atomic E-state index is 13.0. The van der Waals surface area contributed by atoms with Crippen LogP contribution in [0.4, 0.5) is 18.9 Å². The number of hydrogen-bond acceptors (Lipinski definition) is 6. The summed E-state index contributed by atoms with van der Waals surface area (Å²) in [7, 11) is -4.30. The van der Waals surface area contributed by atoms with Gasteiger partial charge in [0.05, 0.1) is 12.2 Å². The van der Waals surface area contributed by atoms with Crippen LogP contribution in [0.3, 0.4) is 0 Å². The van der Waals surface area contributed by atoms with Crippen LogP contribution in [0.2, 0.25) is 5.02 Å². The highest BCUT2D eigenvalue weighted by Gasteiger charge is 2.30. The lowest BCUT2D eigenvalue weighted by atomic mass is 10.0. The maximum Gasteiger partial charge on any atom is 0.416 e. The van der Waals surface area contributed by atoms with Crippen LogP contribution in [-0.4, -0.2) is 20.9 Å². The number of halogens is 4. The number of ether oxygens (including phenoxy) is 1. The van der Waals surface area contributed by atoms with Crippen molar-refractivity contribution in [3.05, 3.63) is 101 Å². The van der Waals surface area contributed by atoms with Crippen LogP contribution in [0.5, 0.6) is 11.5 Å². The van der Waals surface area contributed by atoms with Crippen molar-refractivity contribution in [1.29, 1.82) is 5.26 Å². The van der Waals surface area contributed by atoms with E-state index < -0.39 is 33.3 Å². The van der Waals surface area contributed by atoms with Crippen LogP contribution in [0, 0.1) is 11.3 Å². The second-order valence-electron chi connectivity index (χ2n) is 8.13. The number of hydrogen-bond donors (Lipinski definition) is 1. The molecule has 0 unspecified atom stereocenters. The Hall–Kier alpha value is -4.27. The lowest BCUT2D eigenvalue weighted by Crippen LogP contribution is -2.14. The summed E-state index contributed by atoms with van der Waals surface area (Å²) < 4.78 is 76.0. The minimum atomic E-state index is -4.61. The van der Waals surface area contributed by atoms with Gasteiger partial charge >= 0.3 is 16.3 Å². The van der Waals surface area contributed by atoms with Gasteiger partial charge in [-0.15, -0.1) is 6.58 Å². The summed E-state index contributed by atoms with van der Waals surface area (Å²) in [5, 5.41) is 12.2. The van der Waals surface area contributed by atoms with Crippen molar-refractivity contribution in [1.82, 2.24) is 0 Å². The van der Waals surface area contributed by atoms with Crippen molar-refractivity contribution >= 4 is 39.4 Å². The van der Waals surface area contributed by atoms with Crippen molar-refractivity contribution < 1.29 is 35.3 Å². The highest BCUT2D eigenvalue weighted by molar-refractivity contribution is 7.87. The fraction of sp³-hybridized carbons (Fsp3) is 0.143. The Balaban J connectivity index is 2.00. The third-order valence-corrected chi connectivity index (χ3v) is 6.72. The predicted molar refractivity (Wildman–Crippen MR) is 144 cm³/mol. The predicted octanol–water partition coefficient (Wildman–Crippen LogP) is 6.80. The molecule has 0 fully saturated rings. The molecule has 3 aromatic carbocycles. The number of nitriles is 1. The van der Waals surface area contributed by atoms with E-state index in [1.807, 2.05) is 0 Å². The van der Waals surface area contributed by atoms with Crippen LogP contribution < -0.4 is 14.2 Å². The topological polar surface area (TPSA) is 105 Å². The highest BCUT2D eigenvalue weighted by atomic mass is 35.5. The monoisotopic (exact) mass is 590 g/mol. The molecule has 208 valence electrons. The lowest BCUT2D eigenvalue weighted by molar-refractivity contribution is -0.137. The first-order chi connectivity index (χ1) is 18.9. The minimum Gasteiger partial charge on any atom is -0.490 e. The van der Waals surface area contributed by atoms with Gasteiger partial charge in [0.15, 0.2) is 11.5 Å². The average molecular weight is 591 g/mol.